The molecule has 0 aromatic heterocycles. The van der Waals surface area contributed by atoms with E-state index in [0.29, 0.717) is 12.1 Å². The third-order valence-electron chi connectivity index (χ3n) is 4.75. The third-order valence-corrected chi connectivity index (χ3v) is 6.92. The lowest BCUT2D eigenvalue weighted by Gasteiger charge is -2.41. The standard InChI is InChI=1S/C19H23N2O4P/c1-20-18(22)15-8-10-16(11-9-15)21-13-12-14-6-4-5-7-17(14)19(21)26(23,24-2)25-3/h4-11,19H,12-13H2,1-3H3,(H,20,22). The lowest BCUT2D eigenvalue weighted by atomic mass is 9.99. The molecule has 1 heterocycles. The second-order valence-electron chi connectivity index (χ2n) is 6.05. The van der Waals surface area contributed by atoms with E-state index < -0.39 is 13.4 Å². The van der Waals surface area contributed by atoms with Crippen molar-refractivity contribution in [2.75, 3.05) is 32.7 Å². The summed E-state index contributed by atoms with van der Waals surface area (Å²) in [6, 6.07) is 15.2. The Labute approximate surface area is 153 Å². The van der Waals surface area contributed by atoms with Gasteiger partial charge in [0, 0.05) is 39.1 Å². The predicted octanol–water partition coefficient (Wildman–Crippen LogP) is 3.59. The van der Waals surface area contributed by atoms with Gasteiger partial charge in [-0.1, -0.05) is 24.3 Å². The van der Waals surface area contributed by atoms with Crippen LogP contribution in [-0.4, -0.2) is 33.7 Å². The smallest absolute Gasteiger partial charge is 0.355 e. The monoisotopic (exact) mass is 374 g/mol. The lowest BCUT2D eigenvalue weighted by Crippen LogP contribution is -2.36. The van der Waals surface area contributed by atoms with Crippen molar-refractivity contribution in [3.8, 4) is 0 Å². The fraction of sp³-hybridized carbons (Fsp3) is 0.316. The van der Waals surface area contributed by atoms with Crippen LogP contribution in [0, 0.1) is 0 Å². The summed E-state index contributed by atoms with van der Waals surface area (Å²) in [6.45, 7) is 0.678. The number of hydrogen-bond donors (Lipinski definition) is 1. The minimum absolute atomic E-state index is 0.142. The molecule has 1 aliphatic rings. The molecule has 1 unspecified atom stereocenters. The number of anilines is 1. The van der Waals surface area contributed by atoms with Crippen LogP contribution in [0.3, 0.4) is 0 Å². The molecular weight excluding hydrogens is 351 g/mol. The van der Waals surface area contributed by atoms with Gasteiger partial charge in [0.1, 0.15) is 0 Å². The van der Waals surface area contributed by atoms with Crippen molar-refractivity contribution in [1.29, 1.82) is 0 Å². The van der Waals surface area contributed by atoms with Gasteiger partial charge in [-0.25, -0.2) is 0 Å². The van der Waals surface area contributed by atoms with Crippen molar-refractivity contribution in [2.45, 2.75) is 12.2 Å². The van der Waals surface area contributed by atoms with Gasteiger partial charge in [-0.3, -0.25) is 9.36 Å². The van der Waals surface area contributed by atoms with Crippen LogP contribution in [0.4, 0.5) is 5.69 Å². The van der Waals surface area contributed by atoms with E-state index in [1.807, 2.05) is 41.3 Å². The molecule has 0 radical (unpaired) electrons. The summed E-state index contributed by atoms with van der Waals surface area (Å²) in [7, 11) is 1.02. The average molecular weight is 374 g/mol. The molecule has 1 atom stereocenters. The van der Waals surface area contributed by atoms with Gasteiger partial charge in [-0.15, -0.1) is 0 Å². The van der Waals surface area contributed by atoms with E-state index >= 15 is 0 Å². The van der Waals surface area contributed by atoms with Crippen molar-refractivity contribution in [2.24, 2.45) is 0 Å². The topological polar surface area (TPSA) is 67.9 Å². The van der Waals surface area contributed by atoms with Gasteiger partial charge in [0.05, 0.1) is 0 Å². The van der Waals surface area contributed by atoms with Crippen molar-refractivity contribution < 1.29 is 18.4 Å². The van der Waals surface area contributed by atoms with Gasteiger partial charge in [0.25, 0.3) is 5.91 Å². The number of carbonyl (C=O) groups is 1. The maximum Gasteiger partial charge on any atom is 0.356 e. The highest BCUT2D eigenvalue weighted by Gasteiger charge is 2.43. The zero-order chi connectivity index (χ0) is 18.7. The van der Waals surface area contributed by atoms with Gasteiger partial charge in [-0.2, -0.15) is 0 Å². The van der Waals surface area contributed by atoms with Crippen LogP contribution < -0.4 is 10.2 Å². The molecule has 1 N–H and O–H groups in total. The summed E-state index contributed by atoms with van der Waals surface area (Å²) in [6.07, 6.45) is 0.831. The predicted molar refractivity (Wildman–Crippen MR) is 102 cm³/mol. The number of benzene rings is 2. The molecule has 138 valence electrons. The number of amides is 1. The maximum atomic E-state index is 13.3. The van der Waals surface area contributed by atoms with Crippen molar-refractivity contribution in [3.63, 3.8) is 0 Å². The fourth-order valence-electron chi connectivity index (χ4n) is 3.38. The summed E-state index contributed by atoms with van der Waals surface area (Å²) in [5.74, 6) is -0.676. The van der Waals surface area contributed by atoms with Crippen LogP contribution in [0.25, 0.3) is 0 Å². The molecule has 26 heavy (non-hydrogen) atoms. The second kappa shape index (κ2) is 7.62. The van der Waals surface area contributed by atoms with E-state index in [-0.39, 0.29) is 5.91 Å². The Bertz CT molecular complexity index is 830. The Balaban J connectivity index is 2.05. The summed E-state index contributed by atoms with van der Waals surface area (Å²) >= 11 is 0. The summed E-state index contributed by atoms with van der Waals surface area (Å²) < 4.78 is 24.0. The molecule has 1 aliphatic heterocycles. The Morgan fingerprint density at radius 3 is 2.38 bits per heavy atom. The number of nitrogens with zero attached hydrogens (tertiary/aromatic N) is 1. The first-order valence-electron chi connectivity index (χ1n) is 8.42. The first kappa shape index (κ1) is 18.6. The molecule has 0 fully saturated rings. The highest BCUT2D eigenvalue weighted by atomic mass is 31.2. The molecule has 2 aromatic rings. The molecule has 0 saturated carbocycles. The largest absolute Gasteiger partial charge is 0.356 e. The molecule has 0 aliphatic carbocycles. The highest BCUT2D eigenvalue weighted by molar-refractivity contribution is 7.54. The van der Waals surface area contributed by atoms with Crippen molar-refractivity contribution in [1.82, 2.24) is 5.32 Å². The minimum atomic E-state index is -3.40. The van der Waals surface area contributed by atoms with Gasteiger partial charge in [0.2, 0.25) is 0 Å². The Morgan fingerprint density at radius 2 is 1.77 bits per heavy atom. The summed E-state index contributed by atoms with van der Waals surface area (Å²) in [4.78, 5) is 13.8. The van der Waals surface area contributed by atoms with Crippen LogP contribution in [0.1, 0.15) is 27.3 Å². The van der Waals surface area contributed by atoms with Gasteiger partial charge in [0.15, 0.2) is 5.78 Å². The van der Waals surface area contributed by atoms with Crippen LogP contribution in [0.5, 0.6) is 0 Å². The fourth-order valence-corrected chi connectivity index (χ4v) is 5.11. The minimum Gasteiger partial charge on any atom is -0.355 e. The number of nitrogens with one attached hydrogen (secondary N) is 1. The maximum absolute atomic E-state index is 13.3. The number of hydrogen-bond acceptors (Lipinski definition) is 5. The number of carbonyl (C=O) groups excluding carboxylic acids is 1. The number of rotatable bonds is 5. The van der Waals surface area contributed by atoms with E-state index in [0.717, 1.165) is 23.2 Å². The molecule has 1 amide bonds. The quantitative estimate of drug-likeness (QED) is 0.810. The first-order chi connectivity index (χ1) is 12.5. The molecule has 0 bridgehead atoms. The highest BCUT2D eigenvalue weighted by Crippen LogP contribution is 2.63. The van der Waals surface area contributed by atoms with E-state index in [1.54, 1.807) is 19.2 Å². The van der Waals surface area contributed by atoms with E-state index in [9.17, 15) is 9.36 Å². The van der Waals surface area contributed by atoms with E-state index in [4.69, 9.17) is 9.05 Å². The van der Waals surface area contributed by atoms with Gasteiger partial charge in [-0.05, 0) is 41.8 Å². The van der Waals surface area contributed by atoms with Crippen LogP contribution in [0.15, 0.2) is 48.5 Å². The molecule has 7 heteroatoms. The van der Waals surface area contributed by atoms with E-state index in [2.05, 4.69) is 5.32 Å². The average Bonchev–Trinajstić information content (AvgIpc) is 2.71. The van der Waals surface area contributed by atoms with Gasteiger partial charge >= 0.3 is 7.60 Å². The van der Waals surface area contributed by atoms with E-state index in [1.165, 1.54) is 14.2 Å². The van der Waals surface area contributed by atoms with Gasteiger partial charge < -0.3 is 19.3 Å². The Morgan fingerprint density at radius 1 is 1.12 bits per heavy atom. The molecule has 2 aromatic carbocycles. The normalized spacial score (nSPS) is 16.9. The van der Waals surface area contributed by atoms with Crippen LogP contribution in [-0.2, 0) is 20.0 Å². The molecule has 3 rings (SSSR count). The first-order valence-corrected chi connectivity index (χ1v) is 10.0. The van der Waals surface area contributed by atoms with Crippen LogP contribution in [0.2, 0.25) is 0 Å². The number of fused-ring (bicyclic) bond motifs is 1. The Hall–Kier alpha value is -2.14. The zero-order valence-electron chi connectivity index (χ0n) is 15.1. The zero-order valence-corrected chi connectivity index (χ0v) is 16.0. The van der Waals surface area contributed by atoms with Crippen molar-refractivity contribution >= 4 is 19.2 Å². The molecule has 0 saturated heterocycles. The summed E-state index contributed by atoms with van der Waals surface area (Å²) in [5, 5.41) is 2.61. The summed E-state index contributed by atoms with van der Waals surface area (Å²) in [5.41, 5.74) is 3.53. The SMILES string of the molecule is CNC(=O)c1ccc(N2CCc3ccccc3C2P(=O)(OC)OC)cc1. The second-order valence-corrected chi connectivity index (χ2v) is 8.35. The third kappa shape index (κ3) is 3.28. The lowest BCUT2D eigenvalue weighted by molar-refractivity contribution is 0.0963. The molecule has 6 nitrogen and oxygen atoms in total. The Kier molecular flexibility index (Phi) is 5.47. The van der Waals surface area contributed by atoms with Crippen molar-refractivity contribution in [3.05, 3.63) is 65.2 Å². The van der Waals surface area contributed by atoms with Crippen LogP contribution >= 0.6 is 7.60 Å². The molecule has 0 spiro atoms. The molecular formula is C19H23N2O4P.